The first-order chi connectivity index (χ1) is 24.5. The van der Waals surface area contributed by atoms with Gasteiger partial charge in [0.25, 0.3) is 0 Å². The number of fused-ring (bicyclic) bond motifs is 3. The Labute approximate surface area is 301 Å². The van der Waals surface area contributed by atoms with Gasteiger partial charge in [-0.15, -0.1) is 0 Å². The number of nitrogens with zero attached hydrogens (tertiary/aromatic N) is 5. The van der Waals surface area contributed by atoms with Gasteiger partial charge in [0, 0.05) is 27.4 Å². The highest BCUT2D eigenvalue weighted by Gasteiger charge is 2.36. The maximum absolute atomic E-state index is 15.8. The first-order valence-electron chi connectivity index (χ1n) is 17.8. The maximum atomic E-state index is 15.8. The van der Waals surface area contributed by atoms with Gasteiger partial charge in [0.1, 0.15) is 18.1 Å². The van der Waals surface area contributed by atoms with Gasteiger partial charge in [0.05, 0.1) is 22.3 Å². The fourth-order valence-corrected chi connectivity index (χ4v) is 6.87. The number of alkyl halides is 1. The largest absolute Gasteiger partial charge is 0.309 e. The Kier molecular flexibility index (Phi) is 9.94. The average Bonchev–Trinajstić information content (AvgIpc) is 3.68. The summed E-state index contributed by atoms with van der Waals surface area (Å²) in [5, 5.41) is 17.8. The van der Waals surface area contributed by atoms with Crippen molar-refractivity contribution < 1.29 is 4.39 Å². The lowest BCUT2D eigenvalue weighted by Crippen LogP contribution is -2.29. The van der Waals surface area contributed by atoms with Crippen LogP contribution in [-0.2, 0) is 5.41 Å². The number of para-hydroxylation sites is 2. The number of hydrogen-bond donors (Lipinski definition) is 0. The SMILES string of the molecule is CCCC.Cc1nc(-c2c(C(C)(C)[C@@H](C)F)cc3c(c2C#N)c2ccccc2n3-c2ccccc2)n(-c2c(C)cc(-c3ccccc3)cc2C)n1. The molecule has 0 aliphatic heterocycles. The summed E-state index contributed by atoms with van der Waals surface area (Å²) in [6.45, 7) is 15.8. The highest BCUT2D eigenvalue weighted by atomic mass is 19.1. The van der Waals surface area contributed by atoms with Crippen LogP contribution in [0.1, 0.15) is 75.5 Å². The van der Waals surface area contributed by atoms with Crippen LogP contribution >= 0.6 is 0 Å². The maximum Gasteiger partial charge on any atom is 0.165 e. The van der Waals surface area contributed by atoms with Crippen molar-refractivity contribution in [3.63, 3.8) is 0 Å². The predicted molar refractivity (Wildman–Crippen MR) is 210 cm³/mol. The number of unbranched alkanes of at least 4 members (excludes halogenated alkanes) is 1. The molecule has 7 rings (SSSR count). The van der Waals surface area contributed by atoms with E-state index < -0.39 is 11.6 Å². The van der Waals surface area contributed by atoms with Gasteiger partial charge in [-0.1, -0.05) is 107 Å². The van der Waals surface area contributed by atoms with Crippen LogP contribution in [0.25, 0.3) is 55.7 Å². The van der Waals surface area contributed by atoms with Crippen LogP contribution in [0.15, 0.2) is 103 Å². The van der Waals surface area contributed by atoms with E-state index in [1.807, 2.05) is 74.0 Å². The summed E-state index contributed by atoms with van der Waals surface area (Å²) in [6.07, 6.45) is 1.42. The van der Waals surface area contributed by atoms with Crippen molar-refractivity contribution in [1.82, 2.24) is 19.3 Å². The van der Waals surface area contributed by atoms with Crippen LogP contribution in [0.4, 0.5) is 4.39 Å². The zero-order chi connectivity index (χ0) is 36.4. The fourth-order valence-electron chi connectivity index (χ4n) is 6.87. The second kappa shape index (κ2) is 14.4. The molecule has 0 saturated carbocycles. The second-order valence-corrected chi connectivity index (χ2v) is 13.9. The molecule has 0 fully saturated rings. The third-order valence-electron chi connectivity index (χ3n) is 10.0. The molecule has 5 aromatic carbocycles. The minimum absolute atomic E-state index is 0.460. The fraction of sp³-hybridized carbons (Fsp3) is 0.267. The lowest BCUT2D eigenvalue weighted by atomic mass is 9.76. The Morgan fingerprint density at radius 1 is 0.784 bits per heavy atom. The third kappa shape index (κ3) is 6.34. The highest BCUT2D eigenvalue weighted by molar-refractivity contribution is 6.14. The van der Waals surface area contributed by atoms with Crippen molar-refractivity contribution in [3.8, 4) is 40.0 Å². The topological polar surface area (TPSA) is 59.4 Å². The zero-order valence-corrected chi connectivity index (χ0v) is 30.9. The molecule has 0 spiro atoms. The van der Waals surface area contributed by atoms with Gasteiger partial charge in [-0.2, -0.15) is 10.4 Å². The van der Waals surface area contributed by atoms with E-state index in [0.717, 1.165) is 55.4 Å². The van der Waals surface area contributed by atoms with E-state index in [0.29, 0.717) is 28.3 Å². The number of benzene rings is 5. The molecule has 1 atom stereocenters. The molecule has 0 N–H and O–H groups in total. The summed E-state index contributed by atoms with van der Waals surface area (Å²) >= 11 is 0. The van der Waals surface area contributed by atoms with Crippen LogP contribution in [0.3, 0.4) is 0 Å². The first kappa shape index (κ1) is 35.3. The van der Waals surface area contributed by atoms with Crippen LogP contribution in [0, 0.1) is 32.1 Å². The second-order valence-electron chi connectivity index (χ2n) is 13.9. The van der Waals surface area contributed by atoms with E-state index in [-0.39, 0.29) is 0 Å². The molecule has 258 valence electrons. The monoisotopic (exact) mass is 675 g/mol. The number of aryl methyl sites for hydroxylation is 3. The molecule has 51 heavy (non-hydrogen) atoms. The molecule has 0 aliphatic carbocycles. The summed E-state index contributed by atoms with van der Waals surface area (Å²) in [7, 11) is 0. The van der Waals surface area contributed by atoms with E-state index in [2.05, 4.69) is 92.9 Å². The molecule has 0 unspecified atom stereocenters. The number of halogens is 1. The Morgan fingerprint density at radius 3 is 1.96 bits per heavy atom. The summed E-state index contributed by atoms with van der Waals surface area (Å²) in [6, 6.07) is 37.5. The molecule has 5 nitrogen and oxygen atoms in total. The highest BCUT2D eigenvalue weighted by Crippen LogP contribution is 2.45. The van der Waals surface area contributed by atoms with E-state index >= 15 is 4.39 Å². The average molecular weight is 676 g/mol. The molecule has 2 aromatic heterocycles. The first-order valence-corrected chi connectivity index (χ1v) is 17.8. The molecule has 0 amide bonds. The van der Waals surface area contributed by atoms with Gasteiger partial charge in [0.2, 0.25) is 0 Å². The predicted octanol–water partition coefficient (Wildman–Crippen LogP) is 11.9. The molecule has 0 radical (unpaired) electrons. The standard InChI is InChI=1S/C41H36FN5.C4H10/c1-25-21-30(29-15-9-7-10-16-29)22-26(2)39(25)47-40(44-28(4)45-47)38-33(24-43)37-32-19-13-14-20-35(32)46(31-17-11-8-12-18-31)36(37)23-34(38)41(5,6)27(3)42;1-3-4-2/h7-23,27H,1-6H3;3-4H2,1-2H3/t27-;/m1./s1. The summed E-state index contributed by atoms with van der Waals surface area (Å²) in [4.78, 5) is 4.99. The molecular formula is C45H46FN5. The Bertz CT molecular complexity index is 2350. The summed E-state index contributed by atoms with van der Waals surface area (Å²) < 4.78 is 19.8. The molecule has 0 saturated heterocycles. The smallest absolute Gasteiger partial charge is 0.165 e. The van der Waals surface area contributed by atoms with E-state index in [1.54, 1.807) is 6.92 Å². The Hall–Kier alpha value is -5.54. The number of nitriles is 1. The molecule has 7 aromatic rings. The quantitative estimate of drug-likeness (QED) is 0.169. The van der Waals surface area contributed by atoms with E-state index in [9.17, 15) is 5.26 Å². The molecule has 0 bridgehead atoms. The number of rotatable bonds is 7. The van der Waals surface area contributed by atoms with Crippen molar-refractivity contribution >= 4 is 21.8 Å². The van der Waals surface area contributed by atoms with Gasteiger partial charge in [-0.3, -0.25) is 0 Å². The normalized spacial score (nSPS) is 12.1. The Balaban J connectivity index is 0.00000107. The van der Waals surface area contributed by atoms with Crippen LogP contribution in [0.2, 0.25) is 0 Å². The van der Waals surface area contributed by atoms with Crippen molar-refractivity contribution in [3.05, 3.63) is 131 Å². The van der Waals surface area contributed by atoms with Crippen molar-refractivity contribution in [2.45, 2.75) is 79.8 Å². The van der Waals surface area contributed by atoms with Gasteiger partial charge in [-0.05, 0) is 91.9 Å². The minimum atomic E-state index is -1.22. The van der Waals surface area contributed by atoms with Gasteiger partial charge >= 0.3 is 0 Å². The minimum Gasteiger partial charge on any atom is -0.309 e. The zero-order valence-electron chi connectivity index (χ0n) is 30.9. The van der Waals surface area contributed by atoms with Gasteiger partial charge < -0.3 is 4.57 Å². The van der Waals surface area contributed by atoms with E-state index in [1.165, 1.54) is 12.8 Å². The molecule has 6 heteroatoms. The summed E-state index contributed by atoms with van der Waals surface area (Å²) in [5.74, 6) is 1.10. The molecular weight excluding hydrogens is 630 g/mol. The summed E-state index contributed by atoms with van der Waals surface area (Å²) in [5.41, 5.74) is 8.80. The van der Waals surface area contributed by atoms with Crippen LogP contribution in [-0.4, -0.2) is 25.5 Å². The van der Waals surface area contributed by atoms with Crippen LogP contribution in [0.5, 0.6) is 0 Å². The van der Waals surface area contributed by atoms with Crippen molar-refractivity contribution in [1.29, 1.82) is 5.26 Å². The number of hydrogen-bond acceptors (Lipinski definition) is 3. The van der Waals surface area contributed by atoms with Crippen molar-refractivity contribution in [2.75, 3.05) is 0 Å². The van der Waals surface area contributed by atoms with E-state index in [4.69, 9.17) is 10.1 Å². The van der Waals surface area contributed by atoms with Gasteiger partial charge in [-0.25, -0.2) is 14.1 Å². The van der Waals surface area contributed by atoms with Crippen molar-refractivity contribution in [2.24, 2.45) is 0 Å². The lowest BCUT2D eigenvalue weighted by Gasteiger charge is -2.30. The van der Waals surface area contributed by atoms with Gasteiger partial charge in [0.15, 0.2) is 5.82 Å². The molecule has 0 aliphatic rings. The van der Waals surface area contributed by atoms with Crippen LogP contribution < -0.4 is 0 Å². The third-order valence-corrected chi connectivity index (χ3v) is 10.0. The lowest BCUT2D eigenvalue weighted by molar-refractivity contribution is 0.237. The Morgan fingerprint density at radius 2 is 1.37 bits per heavy atom. The number of aromatic nitrogens is 4. The molecule has 2 heterocycles.